The summed E-state index contributed by atoms with van der Waals surface area (Å²) in [5, 5.41) is 0.0933. The highest BCUT2D eigenvalue weighted by atomic mass is 127. The largest absolute Gasteiger partial charge is 0.432 e. The molecule has 0 heterocycles. The Labute approximate surface area is 213 Å². The fraction of sp³-hybridized carbons (Fsp3) is 0.929. The van der Waals surface area contributed by atoms with Crippen LogP contribution >= 0.6 is 22.6 Å². The van der Waals surface area contributed by atoms with E-state index >= 15 is 0 Å². The maximum Gasteiger partial charge on any atom is 0.188 e. The van der Waals surface area contributed by atoms with Gasteiger partial charge in [-0.3, -0.25) is 0 Å². The summed E-state index contributed by atoms with van der Waals surface area (Å²) >= 11 is 2.61. The van der Waals surface area contributed by atoms with Crippen LogP contribution in [0, 0.1) is 40.4 Å². The molecule has 4 saturated carbocycles. The monoisotopic (exact) mass is 572 g/mol. The Morgan fingerprint density at radius 2 is 2.00 bits per heavy atom. The van der Waals surface area contributed by atoms with Gasteiger partial charge in [-0.05, 0) is 111 Å². The number of hydrogen-bond donors (Lipinski definition) is 1. The molecule has 0 aromatic carbocycles. The first-order valence-electron chi connectivity index (χ1n) is 13.4. The molecule has 0 spiro atoms. The summed E-state index contributed by atoms with van der Waals surface area (Å²) in [7, 11) is -0.178. The number of fused-ring (bicyclic) bond motifs is 2. The van der Waals surface area contributed by atoms with E-state index in [-0.39, 0.29) is 5.04 Å². The second-order valence-corrected chi connectivity index (χ2v) is 19.1. The van der Waals surface area contributed by atoms with Gasteiger partial charge in [-0.2, -0.15) is 0 Å². The summed E-state index contributed by atoms with van der Waals surface area (Å²) in [5.41, 5.74) is 2.65. The van der Waals surface area contributed by atoms with Crippen LogP contribution < -0.4 is 0 Å². The Kier molecular flexibility index (Phi) is 7.16. The number of ether oxygens (including phenoxy) is 1. The van der Waals surface area contributed by atoms with Crippen molar-refractivity contribution < 1.29 is 9.53 Å². The Morgan fingerprint density at radius 3 is 2.62 bits per heavy atom. The highest BCUT2D eigenvalue weighted by Gasteiger charge is 2.64. The van der Waals surface area contributed by atoms with E-state index in [9.17, 15) is 4.80 Å². The normalized spacial score (nSPS) is 42.6. The maximum atomic E-state index is 10.8. The minimum Gasteiger partial charge on any atom is -0.432 e. The van der Waals surface area contributed by atoms with E-state index in [1.807, 2.05) is 7.11 Å². The lowest BCUT2D eigenvalue weighted by Crippen LogP contribution is -2.40. The van der Waals surface area contributed by atoms with Crippen molar-refractivity contribution >= 4 is 30.9 Å². The Morgan fingerprint density at radius 1 is 1.28 bits per heavy atom. The van der Waals surface area contributed by atoms with Crippen LogP contribution in [0.4, 0.5) is 0 Å². The minimum absolute atomic E-state index is 0.0933. The smallest absolute Gasteiger partial charge is 0.188 e. The van der Waals surface area contributed by atoms with Crippen molar-refractivity contribution in [2.75, 3.05) is 11.5 Å². The molecule has 184 valence electrons. The van der Waals surface area contributed by atoms with Gasteiger partial charge < -0.3 is 9.53 Å². The molecule has 4 heteroatoms. The summed E-state index contributed by atoms with van der Waals surface area (Å²) in [6, 6.07) is 0. The molecule has 0 aromatic rings. The molecule has 0 aromatic heterocycles. The number of methoxy groups -OCH3 is 1. The maximum absolute atomic E-state index is 10.8. The SMILES string of the molecule is COC(/C=C1\CCC[C@@]2(C)C1CCC2[C@H](C)CI)C12CC1C[C@H](CC(C)(C)[Si](C)(C)O)C2. The zero-order valence-corrected chi connectivity index (χ0v) is 25.0. The topological polar surface area (TPSA) is 29.5 Å². The highest BCUT2D eigenvalue weighted by molar-refractivity contribution is 14.1. The molecule has 4 rings (SSSR count). The molecule has 5 unspecified atom stereocenters. The minimum atomic E-state index is -2.14. The van der Waals surface area contributed by atoms with Crippen LogP contribution in [0.1, 0.15) is 85.5 Å². The third kappa shape index (κ3) is 4.34. The second kappa shape index (κ2) is 8.92. The predicted molar refractivity (Wildman–Crippen MR) is 147 cm³/mol. The average Bonchev–Trinajstić information content (AvgIpc) is 3.08. The Bertz CT molecular complexity index is 727. The van der Waals surface area contributed by atoms with E-state index in [2.05, 4.69) is 69.5 Å². The average molecular weight is 573 g/mol. The summed E-state index contributed by atoms with van der Waals surface area (Å²) < 4.78 is 7.58. The van der Waals surface area contributed by atoms with Gasteiger partial charge in [0.05, 0.1) is 6.10 Å². The van der Waals surface area contributed by atoms with E-state index in [0.717, 1.165) is 29.6 Å². The Hall–Kier alpha value is 0.607. The first-order valence-corrected chi connectivity index (χ1v) is 17.9. The van der Waals surface area contributed by atoms with Crippen molar-refractivity contribution in [1.82, 2.24) is 0 Å². The van der Waals surface area contributed by atoms with Gasteiger partial charge in [-0.1, -0.05) is 61.9 Å². The van der Waals surface area contributed by atoms with Crippen LogP contribution in [0.2, 0.25) is 18.1 Å². The van der Waals surface area contributed by atoms with Crippen LogP contribution in [-0.4, -0.2) is 30.8 Å². The highest BCUT2D eigenvalue weighted by Crippen LogP contribution is 2.70. The molecular formula is C28H49IO2Si. The van der Waals surface area contributed by atoms with Gasteiger partial charge in [0, 0.05) is 17.0 Å². The molecule has 2 nitrogen and oxygen atoms in total. The molecule has 4 fully saturated rings. The lowest BCUT2D eigenvalue weighted by molar-refractivity contribution is 0.0644. The van der Waals surface area contributed by atoms with Crippen LogP contribution in [0.25, 0.3) is 0 Å². The van der Waals surface area contributed by atoms with Gasteiger partial charge in [0.15, 0.2) is 8.32 Å². The molecule has 0 radical (unpaired) electrons. The summed E-state index contributed by atoms with van der Waals surface area (Å²) in [6.07, 6.45) is 15.1. The molecule has 0 amide bonds. The van der Waals surface area contributed by atoms with Gasteiger partial charge in [-0.15, -0.1) is 0 Å². The summed E-state index contributed by atoms with van der Waals surface area (Å²) in [6.45, 7) is 14.0. The fourth-order valence-corrected chi connectivity index (χ4v) is 9.97. The molecule has 0 saturated heterocycles. The lowest BCUT2D eigenvalue weighted by atomic mass is 9.61. The number of hydrogen-bond acceptors (Lipinski definition) is 2. The first kappa shape index (κ1) is 25.7. The van der Waals surface area contributed by atoms with E-state index in [4.69, 9.17) is 4.74 Å². The van der Waals surface area contributed by atoms with Crippen LogP contribution in [-0.2, 0) is 4.74 Å². The third-order valence-electron chi connectivity index (χ3n) is 11.2. The predicted octanol–water partition coefficient (Wildman–Crippen LogP) is 8.00. The van der Waals surface area contributed by atoms with E-state index in [0.29, 0.717) is 16.9 Å². The van der Waals surface area contributed by atoms with Gasteiger partial charge in [-0.25, -0.2) is 0 Å². The van der Waals surface area contributed by atoms with Crippen molar-refractivity contribution in [3.63, 3.8) is 0 Å². The number of alkyl halides is 1. The van der Waals surface area contributed by atoms with Gasteiger partial charge in [0.1, 0.15) is 0 Å². The zero-order chi connectivity index (χ0) is 23.5. The van der Waals surface area contributed by atoms with Crippen molar-refractivity contribution in [2.24, 2.45) is 40.4 Å². The molecular weight excluding hydrogens is 523 g/mol. The third-order valence-corrected chi connectivity index (χ3v) is 16.1. The van der Waals surface area contributed by atoms with Gasteiger partial charge in [0.25, 0.3) is 0 Å². The van der Waals surface area contributed by atoms with E-state index in [1.54, 1.807) is 5.57 Å². The van der Waals surface area contributed by atoms with Crippen molar-refractivity contribution in [3.05, 3.63) is 11.6 Å². The lowest BCUT2D eigenvalue weighted by Gasteiger charge is -2.44. The molecule has 8 atom stereocenters. The number of rotatable bonds is 8. The van der Waals surface area contributed by atoms with Crippen molar-refractivity contribution in [2.45, 2.75) is 110 Å². The Balaban J connectivity index is 1.49. The van der Waals surface area contributed by atoms with Crippen molar-refractivity contribution in [3.8, 4) is 0 Å². The van der Waals surface area contributed by atoms with Gasteiger partial charge in [0.2, 0.25) is 0 Å². The van der Waals surface area contributed by atoms with Gasteiger partial charge >= 0.3 is 0 Å². The zero-order valence-electron chi connectivity index (χ0n) is 21.8. The quantitative estimate of drug-likeness (QED) is 0.138. The fourth-order valence-electron chi connectivity index (χ4n) is 8.57. The standard InChI is InChI=1S/C28H49IO2Si/c1-19(18-29)23-10-11-24-21(9-8-12-27(23,24)4)14-25(31-5)28-16-20(13-22(28)17-28)15-26(2,3)32(6,7)30/h14,19-20,22-25,30H,8-13,15-18H2,1-7H3/b21-14+/t19-,20-,22?,23?,24?,25?,27-,28?/m1/s1. The second-order valence-electron chi connectivity index (χ2n) is 13.7. The molecule has 0 bridgehead atoms. The van der Waals surface area contributed by atoms with Crippen LogP contribution in [0.3, 0.4) is 0 Å². The molecule has 0 aliphatic heterocycles. The molecule has 1 N–H and O–H groups in total. The summed E-state index contributed by atoms with van der Waals surface area (Å²) in [4.78, 5) is 10.8. The molecule has 32 heavy (non-hydrogen) atoms. The number of allylic oxidation sites excluding steroid dienone is 1. The van der Waals surface area contributed by atoms with Crippen LogP contribution in [0.15, 0.2) is 11.6 Å². The van der Waals surface area contributed by atoms with E-state index < -0.39 is 8.32 Å². The molecule has 4 aliphatic rings. The first-order chi connectivity index (χ1) is 14.9. The summed E-state index contributed by atoms with van der Waals surface area (Å²) in [5.74, 6) is 4.13. The van der Waals surface area contributed by atoms with Crippen LogP contribution in [0.5, 0.6) is 0 Å². The number of halogens is 1. The van der Waals surface area contributed by atoms with E-state index in [1.165, 1.54) is 62.2 Å². The van der Waals surface area contributed by atoms with Crippen molar-refractivity contribution in [1.29, 1.82) is 0 Å². The molecule has 4 aliphatic carbocycles.